The number of likely N-dealkylation sites (tertiary alicyclic amines) is 1. The van der Waals surface area contributed by atoms with Crippen LogP contribution in [0.5, 0.6) is 0 Å². The third-order valence-electron chi connectivity index (χ3n) is 8.57. The number of fused-ring (bicyclic) bond motifs is 2. The Kier molecular flexibility index (Phi) is 5.47. The Hall–Kier alpha value is -2.04. The molecule has 5 unspecified atom stereocenters. The van der Waals surface area contributed by atoms with Gasteiger partial charge >= 0.3 is 5.97 Å². The van der Waals surface area contributed by atoms with Crippen LogP contribution in [0.2, 0.25) is 0 Å². The second-order valence-corrected chi connectivity index (χ2v) is 10.6. The molecule has 31 heavy (non-hydrogen) atoms. The maximum absolute atomic E-state index is 13.5. The molecule has 1 amide bonds. The lowest BCUT2D eigenvalue weighted by Crippen LogP contribution is -2.53. The number of carboxylic acid groups (broad SMARTS) is 1. The first-order chi connectivity index (χ1) is 15.0. The Balaban J connectivity index is 1.32. The van der Waals surface area contributed by atoms with E-state index in [4.69, 9.17) is 0 Å². The number of nitrogens with zero attached hydrogens (tertiary/aromatic N) is 2. The molecule has 2 saturated carbocycles. The van der Waals surface area contributed by atoms with Crippen LogP contribution in [0, 0.1) is 17.8 Å². The predicted octanol–water partition coefficient (Wildman–Crippen LogP) is 4.62. The summed E-state index contributed by atoms with van der Waals surface area (Å²) in [5, 5.41) is 9.68. The number of aliphatic carboxylic acids is 1. The molecule has 5 atom stereocenters. The van der Waals surface area contributed by atoms with Crippen LogP contribution in [-0.2, 0) is 9.59 Å². The van der Waals surface area contributed by atoms with E-state index in [1.165, 1.54) is 29.7 Å². The van der Waals surface area contributed by atoms with E-state index in [0.29, 0.717) is 18.3 Å². The molecule has 168 valence electrons. The van der Waals surface area contributed by atoms with Gasteiger partial charge in [-0.05, 0) is 73.5 Å². The van der Waals surface area contributed by atoms with Crippen LogP contribution < -0.4 is 4.90 Å². The Bertz CT molecular complexity index is 864. The van der Waals surface area contributed by atoms with Crippen molar-refractivity contribution in [2.45, 2.75) is 76.2 Å². The zero-order chi connectivity index (χ0) is 21.7. The molecule has 1 aromatic carbocycles. The van der Waals surface area contributed by atoms with Crippen molar-refractivity contribution in [1.82, 2.24) is 4.90 Å². The van der Waals surface area contributed by atoms with Crippen molar-refractivity contribution in [2.75, 3.05) is 25.0 Å². The van der Waals surface area contributed by atoms with Crippen LogP contribution in [0.1, 0.15) is 81.3 Å². The van der Waals surface area contributed by atoms with Gasteiger partial charge in [0, 0.05) is 44.2 Å². The van der Waals surface area contributed by atoms with Gasteiger partial charge in [0.05, 0.1) is 5.92 Å². The molecule has 3 fully saturated rings. The SMILES string of the molecule is CC(CC(=O)N1CCCC2C(C(=O)O)CCCC21)C1CN(C)c2cccc(C3CC3)c21. The van der Waals surface area contributed by atoms with Gasteiger partial charge in [-0.15, -0.1) is 0 Å². The first-order valence-corrected chi connectivity index (χ1v) is 12.3. The summed E-state index contributed by atoms with van der Waals surface area (Å²) in [6.45, 7) is 4.03. The predicted molar refractivity (Wildman–Crippen MR) is 121 cm³/mol. The highest BCUT2D eigenvalue weighted by Crippen LogP contribution is 2.50. The molecule has 1 aromatic rings. The monoisotopic (exact) mass is 424 g/mol. The summed E-state index contributed by atoms with van der Waals surface area (Å²) in [5.41, 5.74) is 4.36. The molecular formula is C26H36N2O3. The summed E-state index contributed by atoms with van der Waals surface area (Å²) >= 11 is 0. The third-order valence-corrected chi connectivity index (χ3v) is 8.57. The molecule has 5 rings (SSSR count). The van der Waals surface area contributed by atoms with Gasteiger partial charge < -0.3 is 14.9 Å². The Morgan fingerprint density at radius 2 is 1.94 bits per heavy atom. The normalized spacial score (nSPS) is 31.2. The zero-order valence-corrected chi connectivity index (χ0v) is 18.9. The number of carbonyl (C=O) groups excluding carboxylic acids is 1. The number of hydrogen-bond acceptors (Lipinski definition) is 3. The Labute approximate surface area is 185 Å². The third kappa shape index (κ3) is 3.74. The van der Waals surface area contributed by atoms with Crippen LogP contribution >= 0.6 is 0 Å². The quantitative estimate of drug-likeness (QED) is 0.749. The highest BCUT2D eigenvalue weighted by atomic mass is 16.4. The maximum Gasteiger partial charge on any atom is 0.306 e. The molecule has 5 heteroatoms. The lowest BCUT2D eigenvalue weighted by atomic mass is 9.71. The Morgan fingerprint density at radius 3 is 2.68 bits per heavy atom. The largest absolute Gasteiger partial charge is 0.481 e. The summed E-state index contributed by atoms with van der Waals surface area (Å²) in [4.78, 5) is 29.7. The van der Waals surface area contributed by atoms with Gasteiger partial charge in [0.25, 0.3) is 0 Å². The average Bonchev–Trinajstić information content (AvgIpc) is 3.55. The van der Waals surface area contributed by atoms with E-state index in [-0.39, 0.29) is 29.7 Å². The number of piperidine rings is 1. The summed E-state index contributed by atoms with van der Waals surface area (Å²) in [6.07, 6.45) is 7.70. The lowest BCUT2D eigenvalue weighted by Gasteiger charge is -2.46. The number of benzene rings is 1. The fraction of sp³-hybridized carbons (Fsp3) is 0.692. The highest BCUT2D eigenvalue weighted by Gasteiger charge is 2.44. The van der Waals surface area contributed by atoms with Crippen molar-refractivity contribution in [2.24, 2.45) is 17.8 Å². The summed E-state index contributed by atoms with van der Waals surface area (Å²) in [5.74, 6) is 0.839. The molecular weight excluding hydrogens is 388 g/mol. The lowest BCUT2D eigenvalue weighted by molar-refractivity contribution is -0.152. The minimum absolute atomic E-state index is 0.129. The van der Waals surface area contributed by atoms with Gasteiger partial charge in [-0.3, -0.25) is 9.59 Å². The van der Waals surface area contributed by atoms with Crippen LogP contribution in [0.4, 0.5) is 5.69 Å². The molecule has 1 saturated heterocycles. The molecule has 0 aromatic heterocycles. The van der Waals surface area contributed by atoms with Crippen LogP contribution in [0.25, 0.3) is 0 Å². The summed E-state index contributed by atoms with van der Waals surface area (Å²) in [6, 6.07) is 6.86. The number of carboxylic acids is 1. The second kappa shape index (κ2) is 8.14. The number of amides is 1. The van der Waals surface area contributed by atoms with Gasteiger partial charge in [-0.2, -0.15) is 0 Å². The molecule has 0 radical (unpaired) electrons. The molecule has 0 bridgehead atoms. The smallest absolute Gasteiger partial charge is 0.306 e. The second-order valence-electron chi connectivity index (χ2n) is 10.6. The number of anilines is 1. The van der Waals surface area contributed by atoms with Gasteiger partial charge in [0.1, 0.15) is 0 Å². The fourth-order valence-electron chi connectivity index (χ4n) is 6.84. The van der Waals surface area contributed by atoms with E-state index in [0.717, 1.165) is 45.2 Å². The number of likely N-dealkylation sites (N-methyl/N-ethyl adjacent to an activating group) is 1. The number of hydrogen-bond donors (Lipinski definition) is 1. The van der Waals surface area contributed by atoms with Crippen molar-refractivity contribution in [3.8, 4) is 0 Å². The van der Waals surface area contributed by atoms with E-state index < -0.39 is 5.97 Å². The topological polar surface area (TPSA) is 60.9 Å². The molecule has 2 aliphatic heterocycles. The maximum atomic E-state index is 13.5. The fourth-order valence-corrected chi connectivity index (χ4v) is 6.84. The van der Waals surface area contributed by atoms with Gasteiger partial charge in [-0.25, -0.2) is 0 Å². The van der Waals surface area contributed by atoms with E-state index >= 15 is 0 Å². The van der Waals surface area contributed by atoms with E-state index in [1.54, 1.807) is 0 Å². The van der Waals surface area contributed by atoms with Gasteiger partial charge in [0.15, 0.2) is 0 Å². The van der Waals surface area contributed by atoms with Gasteiger partial charge in [0.2, 0.25) is 5.91 Å². The summed E-state index contributed by atoms with van der Waals surface area (Å²) < 4.78 is 0. The Morgan fingerprint density at radius 1 is 1.13 bits per heavy atom. The molecule has 1 N–H and O–H groups in total. The molecule has 0 spiro atoms. The van der Waals surface area contributed by atoms with Gasteiger partial charge in [-0.1, -0.05) is 25.5 Å². The number of carbonyl (C=O) groups is 2. The zero-order valence-electron chi connectivity index (χ0n) is 18.9. The number of rotatable bonds is 5. The van der Waals surface area contributed by atoms with Crippen molar-refractivity contribution in [3.05, 3.63) is 29.3 Å². The first-order valence-electron chi connectivity index (χ1n) is 12.3. The summed E-state index contributed by atoms with van der Waals surface area (Å²) in [7, 11) is 2.17. The molecule has 2 heterocycles. The van der Waals surface area contributed by atoms with E-state index in [2.05, 4.69) is 42.0 Å². The van der Waals surface area contributed by atoms with E-state index in [9.17, 15) is 14.7 Å². The molecule has 2 aliphatic carbocycles. The minimum Gasteiger partial charge on any atom is -0.481 e. The van der Waals surface area contributed by atoms with Crippen LogP contribution in [0.3, 0.4) is 0 Å². The first kappa shape index (κ1) is 20.8. The van der Waals surface area contributed by atoms with E-state index in [1.807, 2.05) is 0 Å². The minimum atomic E-state index is -0.671. The van der Waals surface area contributed by atoms with Crippen molar-refractivity contribution >= 4 is 17.6 Å². The van der Waals surface area contributed by atoms with Crippen molar-refractivity contribution in [1.29, 1.82) is 0 Å². The highest BCUT2D eigenvalue weighted by molar-refractivity contribution is 5.78. The van der Waals surface area contributed by atoms with Crippen LogP contribution in [0.15, 0.2) is 18.2 Å². The average molecular weight is 425 g/mol. The van der Waals surface area contributed by atoms with Crippen molar-refractivity contribution in [3.63, 3.8) is 0 Å². The molecule has 4 aliphatic rings. The molecule has 5 nitrogen and oxygen atoms in total. The van der Waals surface area contributed by atoms with Crippen LogP contribution in [-0.4, -0.2) is 48.1 Å². The van der Waals surface area contributed by atoms with Crippen molar-refractivity contribution < 1.29 is 14.7 Å². The standard InChI is InChI=1S/C26H36N2O3/c1-16(21-15-27(2)23-10-3-6-18(25(21)23)17-11-12-17)14-24(29)28-13-5-8-19-20(26(30)31)7-4-9-22(19)28/h3,6,10,16-17,19-22H,4-5,7-9,11-15H2,1-2H3,(H,30,31).